The molecule has 0 N–H and O–H groups in total. The van der Waals surface area contributed by atoms with Gasteiger partial charge in [-0.05, 0) is 17.4 Å². The molecule has 0 amide bonds. The summed E-state index contributed by atoms with van der Waals surface area (Å²) >= 11 is 19.6. The molecule has 0 radical (unpaired) electrons. The monoisotopic (exact) mass is 362 g/mol. The predicted octanol–water partition coefficient (Wildman–Crippen LogP) is 4.72. The van der Waals surface area contributed by atoms with E-state index in [2.05, 4.69) is 51.8 Å². The van der Waals surface area contributed by atoms with Crippen LogP contribution < -0.4 is 0 Å². The average molecular weight is 365 g/mol. The summed E-state index contributed by atoms with van der Waals surface area (Å²) in [6, 6.07) is 0. The van der Waals surface area contributed by atoms with Crippen LogP contribution in [0.2, 0.25) is 0 Å². The lowest BCUT2D eigenvalue weighted by Crippen LogP contribution is -2.40. The summed E-state index contributed by atoms with van der Waals surface area (Å²) in [5.74, 6) is 0. The van der Waals surface area contributed by atoms with E-state index in [0.29, 0.717) is 0 Å². The first-order valence-electron chi connectivity index (χ1n) is 4.59. The molecule has 4 heteroatoms. The normalized spacial score (nSPS) is 33.7. The van der Waals surface area contributed by atoms with E-state index in [9.17, 15) is 0 Å². The molecule has 1 rings (SSSR count). The molecule has 1 aliphatic carbocycles. The lowest BCUT2D eigenvalue weighted by Gasteiger charge is -2.40. The molecule has 0 bridgehead atoms. The highest BCUT2D eigenvalue weighted by Crippen LogP contribution is 2.45. The van der Waals surface area contributed by atoms with Crippen molar-refractivity contribution in [3.63, 3.8) is 0 Å². The van der Waals surface area contributed by atoms with Crippen LogP contribution in [0, 0.1) is 5.41 Å². The average Bonchev–Trinajstić information content (AvgIpc) is 2.14. The number of rotatable bonds is 2. The van der Waals surface area contributed by atoms with Crippen LogP contribution in [0.3, 0.4) is 0 Å². The van der Waals surface area contributed by atoms with E-state index in [-0.39, 0.29) is 21.0 Å². The first kappa shape index (κ1) is 13.3. The van der Waals surface area contributed by atoms with Gasteiger partial charge in [-0.3, -0.25) is 0 Å². The number of hydrogen-bond donors (Lipinski definition) is 0. The van der Waals surface area contributed by atoms with Crippen LogP contribution in [0.25, 0.3) is 0 Å². The molecule has 3 atom stereocenters. The molecule has 0 spiro atoms. The van der Waals surface area contributed by atoms with E-state index < -0.39 is 0 Å². The fraction of sp³-hybridized carbons (Fsp3) is 0.800. The van der Waals surface area contributed by atoms with Crippen LogP contribution in [-0.4, -0.2) is 20.9 Å². The maximum absolute atomic E-state index is 6.29. The van der Waals surface area contributed by atoms with Gasteiger partial charge >= 0.3 is 0 Å². The number of allylic oxidation sites excluding steroid dienone is 2. The molecule has 0 aromatic carbocycles. The largest absolute Gasteiger partial charge is 0.122 e. The molecule has 14 heavy (non-hydrogen) atoms. The fourth-order valence-electron chi connectivity index (χ4n) is 1.61. The van der Waals surface area contributed by atoms with Crippen LogP contribution in [-0.2, 0) is 0 Å². The summed E-state index contributed by atoms with van der Waals surface area (Å²) in [6.45, 7) is 4.35. The van der Waals surface area contributed by atoms with Gasteiger partial charge in [-0.15, -0.1) is 23.2 Å². The molecule has 0 unspecified atom stereocenters. The predicted molar refractivity (Wildman–Crippen MR) is 72.3 cm³/mol. The summed E-state index contributed by atoms with van der Waals surface area (Å²) in [7, 11) is 0. The Hall–Kier alpha value is 1.28. The van der Waals surface area contributed by atoms with Gasteiger partial charge in [0.05, 0.1) is 5.38 Å². The molecule has 0 aromatic heterocycles. The Morgan fingerprint density at radius 1 is 1.64 bits per heavy atom. The SMILES string of the molecule is CC1(C)[C@H](Cl)CC=C([C@H](Cl)CBr)[C@H]1Br. The minimum Gasteiger partial charge on any atom is -0.122 e. The van der Waals surface area contributed by atoms with Gasteiger partial charge in [0.2, 0.25) is 0 Å². The van der Waals surface area contributed by atoms with Crippen molar-refractivity contribution in [2.24, 2.45) is 5.41 Å². The summed E-state index contributed by atoms with van der Waals surface area (Å²) in [6.07, 6.45) is 3.07. The molecule has 0 heterocycles. The van der Waals surface area contributed by atoms with Crippen molar-refractivity contribution in [3.05, 3.63) is 11.6 Å². The molecule has 0 aliphatic heterocycles. The van der Waals surface area contributed by atoms with E-state index in [1.807, 2.05) is 0 Å². The van der Waals surface area contributed by atoms with Gasteiger partial charge < -0.3 is 0 Å². The van der Waals surface area contributed by atoms with Crippen LogP contribution in [0.1, 0.15) is 20.3 Å². The highest BCUT2D eigenvalue weighted by molar-refractivity contribution is 9.09. The highest BCUT2D eigenvalue weighted by atomic mass is 79.9. The Morgan fingerprint density at radius 2 is 2.21 bits per heavy atom. The van der Waals surface area contributed by atoms with Crippen molar-refractivity contribution in [2.45, 2.75) is 35.8 Å². The van der Waals surface area contributed by atoms with Crippen LogP contribution >= 0.6 is 55.1 Å². The van der Waals surface area contributed by atoms with Crippen molar-refractivity contribution < 1.29 is 0 Å². The van der Waals surface area contributed by atoms with Crippen molar-refractivity contribution in [1.82, 2.24) is 0 Å². The Labute approximate surface area is 113 Å². The molecule has 0 aromatic rings. The first-order valence-corrected chi connectivity index (χ1v) is 7.50. The molecule has 1 aliphatic rings. The number of alkyl halides is 4. The van der Waals surface area contributed by atoms with Crippen molar-refractivity contribution in [2.75, 3.05) is 5.33 Å². The third kappa shape index (κ3) is 2.50. The van der Waals surface area contributed by atoms with E-state index in [4.69, 9.17) is 23.2 Å². The zero-order valence-corrected chi connectivity index (χ0v) is 12.9. The topological polar surface area (TPSA) is 0 Å². The molecular weight excluding hydrogens is 351 g/mol. The van der Waals surface area contributed by atoms with Gasteiger partial charge in [-0.25, -0.2) is 0 Å². The Bertz CT molecular complexity index is 238. The van der Waals surface area contributed by atoms with Crippen molar-refractivity contribution >= 4 is 55.1 Å². The third-order valence-corrected chi connectivity index (χ3v) is 6.69. The van der Waals surface area contributed by atoms with E-state index >= 15 is 0 Å². The lowest BCUT2D eigenvalue weighted by atomic mass is 9.76. The number of halogens is 4. The number of hydrogen-bond acceptors (Lipinski definition) is 0. The molecule has 82 valence electrons. The van der Waals surface area contributed by atoms with Gasteiger partial charge in [-0.2, -0.15) is 0 Å². The summed E-state index contributed by atoms with van der Waals surface area (Å²) in [4.78, 5) is 0.270. The van der Waals surface area contributed by atoms with Crippen LogP contribution in [0.15, 0.2) is 11.6 Å². The van der Waals surface area contributed by atoms with Gasteiger partial charge in [0, 0.05) is 15.5 Å². The maximum Gasteiger partial charge on any atom is 0.0653 e. The second-order valence-corrected chi connectivity index (χ2v) is 6.83. The zero-order chi connectivity index (χ0) is 10.9. The minimum absolute atomic E-state index is 0.0565. The summed E-state index contributed by atoms with van der Waals surface area (Å²) in [5.41, 5.74) is 1.31. The quantitative estimate of drug-likeness (QED) is 0.491. The van der Waals surface area contributed by atoms with Gasteiger partial charge in [0.1, 0.15) is 0 Å². The molecule has 0 fully saturated rings. The standard InChI is InChI=1S/C10H14Br2Cl2/c1-10(2)8(14)4-3-6(9(10)12)7(13)5-11/h3,7-9H,4-5H2,1-2H3/t7-,8-,9-/m1/s1. The van der Waals surface area contributed by atoms with Crippen LogP contribution in [0.4, 0.5) is 0 Å². The first-order chi connectivity index (χ1) is 6.41. The van der Waals surface area contributed by atoms with Crippen molar-refractivity contribution in [3.8, 4) is 0 Å². The van der Waals surface area contributed by atoms with E-state index in [1.54, 1.807) is 0 Å². The highest BCUT2D eigenvalue weighted by Gasteiger charge is 2.40. The molecular formula is C10H14Br2Cl2. The maximum atomic E-state index is 6.29. The fourth-order valence-corrected chi connectivity index (χ4v) is 3.54. The summed E-state index contributed by atoms with van der Waals surface area (Å²) < 4.78 is 0. The molecule has 0 nitrogen and oxygen atoms in total. The van der Waals surface area contributed by atoms with Crippen molar-refractivity contribution in [1.29, 1.82) is 0 Å². The molecule has 0 saturated heterocycles. The minimum atomic E-state index is 0.0565. The summed E-state index contributed by atoms with van der Waals surface area (Å²) in [5, 5.41) is 1.02. The van der Waals surface area contributed by atoms with E-state index in [1.165, 1.54) is 5.57 Å². The van der Waals surface area contributed by atoms with E-state index in [0.717, 1.165) is 11.8 Å². The van der Waals surface area contributed by atoms with Gasteiger partial charge in [0.15, 0.2) is 0 Å². The zero-order valence-electron chi connectivity index (χ0n) is 8.24. The van der Waals surface area contributed by atoms with Crippen LogP contribution in [0.5, 0.6) is 0 Å². The van der Waals surface area contributed by atoms with Gasteiger partial charge in [-0.1, -0.05) is 51.8 Å². The van der Waals surface area contributed by atoms with Gasteiger partial charge in [0.25, 0.3) is 0 Å². The second-order valence-electron chi connectivity index (χ2n) is 4.21. The second kappa shape index (κ2) is 5.07. The third-order valence-electron chi connectivity index (χ3n) is 2.81. The Morgan fingerprint density at radius 3 is 2.71 bits per heavy atom. The smallest absolute Gasteiger partial charge is 0.0653 e. The lowest BCUT2D eigenvalue weighted by molar-refractivity contribution is 0.340. The molecule has 0 saturated carbocycles. The Kier molecular flexibility index (Phi) is 4.84. The Balaban J connectivity index is 2.90.